The zero-order valence-corrected chi connectivity index (χ0v) is 19.1. The second-order valence-electron chi connectivity index (χ2n) is 8.06. The molecule has 2 atom stereocenters. The van der Waals surface area contributed by atoms with Crippen molar-refractivity contribution in [1.82, 2.24) is 0 Å². The summed E-state index contributed by atoms with van der Waals surface area (Å²) < 4.78 is 16.6. The van der Waals surface area contributed by atoms with Crippen molar-refractivity contribution in [3.8, 4) is 23.0 Å². The molecule has 0 fully saturated rings. The van der Waals surface area contributed by atoms with E-state index in [1.807, 2.05) is 48.5 Å². The number of hydrogen-bond donors (Lipinski definition) is 3. The predicted molar refractivity (Wildman–Crippen MR) is 127 cm³/mol. The Labute approximate surface area is 195 Å². The van der Waals surface area contributed by atoms with Gasteiger partial charge in [0.1, 0.15) is 6.61 Å². The number of aliphatic hydroxyl groups excluding tert-OH is 2. The maximum Gasteiger partial charge on any atom is 0.161 e. The maximum atomic E-state index is 10.1. The lowest BCUT2D eigenvalue weighted by Gasteiger charge is -2.25. The number of phenolic OH excluding ortho intramolecular Hbond substituents is 1. The molecule has 0 saturated heterocycles. The highest BCUT2D eigenvalue weighted by Crippen LogP contribution is 2.32. The van der Waals surface area contributed by atoms with Gasteiger partial charge in [-0.25, -0.2) is 0 Å². The first kappa shape index (κ1) is 24.4. The highest BCUT2D eigenvalue weighted by atomic mass is 16.5. The number of benzene rings is 3. The van der Waals surface area contributed by atoms with E-state index in [-0.39, 0.29) is 30.8 Å². The summed E-state index contributed by atoms with van der Waals surface area (Å²) in [6, 6.07) is 20.8. The van der Waals surface area contributed by atoms with E-state index in [4.69, 9.17) is 14.2 Å². The Hall–Kier alpha value is -3.22. The largest absolute Gasteiger partial charge is 0.504 e. The Kier molecular flexibility index (Phi) is 8.98. The van der Waals surface area contributed by atoms with Crippen molar-refractivity contribution in [1.29, 1.82) is 0 Å². The molecule has 0 radical (unpaired) electrons. The normalized spacial score (nSPS) is 12.7. The zero-order chi connectivity index (χ0) is 23.6. The average molecular weight is 453 g/mol. The lowest BCUT2D eigenvalue weighted by Crippen LogP contribution is -2.26. The monoisotopic (exact) mass is 452 g/mol. The van der Waals surface area contributed by atoms with Crippen LogP contribution in [0.15, 0.2) is 66.7 Å². The third kappa shape index (κ3) is 6.63. The van der Waals surface area contributed by atoms with Gasteiger partial charge in [0.15, 0.2) is 23.0 Å². The Morgan fingerprint density at radius 1 is 0.667 bits per heavy atom. The van der Waals surface area contributed by atoms with Crippen LogP contribution in [0.5, 0.6) is 23.0 Å². The van der Waals surface area contributed by atoms with Crippen LogP contribution in [0, 0.1) is 11.8 Å². The first-order chi connectivity index (χ1) is 16.1. The van der Waals surface area contributed by atoms with E-state index in [1.54, 1.807) is 25.3 Å². The van der Waals surface area contributed by atoms with Crippen LogP contribution in [0.4, 0.5) is 0 Å². The molecular formula is C27H32O6. The first-order valence-corrected chi connectivity index (χ1v) is 11.0. The topological polar surface area (TPSA) is 88.4 Å². The van der Waals surface area contributed by atoms with Gasteiger partial charge in [0.25, 0.3) is 0 Å². The van der Waals surface area contributed by atoms with Crippen LogP contribution in [0.1, 0.15) is 16.7 Å². The van der Waals surface area contributed by atoms with Crippen LogP contribution < -0.4 is 14.2 Å². The molecule has 0 aliphatic carbocycles. The Balaban J connectivity index is 1.69. The van der Waals surface area contributed by atoms with Crippen LogP contribution >= 0.6 is 0 Å². The van der Waals surface area contributed by atoms with Gasteiger partial charge < -0.3 is 29.5 Å². The molecule has 3 N–H and O–H groups in total. The molecule has 0 heterocycles. The minimum Gasteiger partial charge on any atom is -0.504 e. The molecule has 0 aliphatic heterocycles. The molecular weight excluding hydrogens is 420 g/mol. The number of methoxy groups -OCH3 is 2. The van der Waals surface area contributed by atoms with Crippen LogP contribution in [0.25, 0.3) is 0 Å². The van der Waals surface area contributed by atoms with Crippen LogP contribution in [-0.4, -0.2) is 42.8 Å². The average Bonchev–Trinajstić information content (AvgIpc) is 2.86. The fourth-order valence-electron chi connectivity index (χ4n) is 3.91. The standard InChI is InChI=1S/C27H32O6/c1-31-26-14-20(8-10-24(26)30)12-22(16-28)23(17-29)13-21-9-11-25(27(15-21)32-2)33-18-19-6-4-3-5-7-19/h3-11,14-15,22-23,28-30H,12-13,16-18H2,1-2H3/t22-,23-/m1/s1. The van der Waals surface area contributed by atoms with Gasteiger partial charge in [0.2, 0.25) is 0 Å². The fraction of sp³-hybridized carbons (Fsp3) is 0.333. The first-order valence-electron chi connectivity index (χ1n) is 11.0. The van der Waals surface area contributed by atoms with E-state index in [1.165, 1.54) is 7.11 Å². The molecule has 3 rings (SSSR count). The molecule has 3 aromatic carbocycles. The number of aliphatic hydroxyl groups is 2. The molecule has 0 aliphatic rings. The maximum absolute atomic E-state index is 10.1. The summed E-state index contributed by atoms with van der Waals surface area (Å²) in [7, 11) is 3.10. The highest BCUT2D eigenvalue weighted by molar-refractivity contribution is 5.44. The smallest absolute Gasteiger partial charge is 0.161 e. The minimum atomic E-state index is -0.163. The summed E-state index contributed by atoms with van der Waals surface area (Å²) in [5.74, 6) is 1.42. The molecule has 0 saturated carbocycles. The molecule has 33 heavy (non-hydrogen) atoms. The van der Waals surface area contributed by atoms with E-state index < -0.39 is 0 Å². The summed E-state index contributed by atoms with van der Waals surface area (Å²) in [4.78, 5) is 0. The molecule has 6 heteroatoms. The van der Waals surface area contributed by atoms with E-state index >= 15 is 0 Å². The second-order valence-corrected chi connectivity index (χ2v) is 8.06. The zero-order valence-electron chi connectivity index (χ0n) is 19.1. The van der Waals surface area contributed by atoms with Crippen molar-refractivity contribution in [2.75, 3.05) is 27.4 Å². The second kappa shape index (κ2) is 12.1. The highest BCUT2D eigenvalue weighted by Gasteiger charge is 2.22. The summed E-state index contributed by atoms with van der Waals surface area (Å²) in [5.41, 5.74) is 2.98. The van der Waals surface area contributed by atoms with E-state index in [0.717, 1.165) is 16.7 Å². The van der Waals surface area contributed by atoms with Crippen LogP contribution in [0.2, 0.25) is 0 Å². The third-order valence-corrected chi connectivity index (χ3v) is 5.84. The molecule has 0 unspecified atom stereocenters. The van der Waals surface area contributed by atoms with Gasteiger partial charge in [-0.2, -0.15) is 0 Å². The lowest BCUT2D eigenvalue weighted by atomic mass is 9.83. The Morgan fingerprint density at radius 2 is 1.24 bits per heavy atom. The van der Waals surface area contributed by atoms with Gasteiger partial charge in [-0.15, -0.1) is 0 Å². The molecule has 0 aromatic heterocycles. The van der Waals surface area contributed by atoms with Crippen molar-refractivity contribution in [3.05, 3.63) is 83.4 Å². The van der Waals surface area contributed by atoms with Gasteiger partial charge in [-0.3, -0.25) is 0 Å². The van der Waals surface area contributed by atoms with Gasteiger partial charge in [0.05, 0.1) is 14.2 Å². The Bertz CT molecular complexity index is 1000. The lowest BCUT2D eigenvalue weighted by molar-refractivity contribution is 0.119. The molecule has 0 spiro atoms. The summed E-state index contributed by atoms with van der Waals surface area (Å²) >= 11 is 0. The van der Waals surface area contributed by atoms with Gasteiger partial charge in [-0.05, 0) is 65.6 Å². The fourth-order valence-corrected chi connectivity index (χ4v) is 3.91. The van der Waals surface area contributed by atoms with Gasteiger partial charge in [-0.1, -0.05) is 42.5 Å². The summed E-state index contributed by atoms with van der Waals surface area (Å²) in [5, 5.41) is 29.9. The minimum absolute atomic E-state index is 0.0605. The quantitative estimate of drug-likeness (QED) is 0.385. The number of rotatable bonds is 12. The Morgan fingerprint density at radius 3 is 1.82 bits per heavy atom. The van der Waals surface area contributed by atoms with Crippen LogP contribution in [0.3, 0.4) is 0 Å². The number of ether oxygens (including phenoxy) is 3. The molecule has 176 valence electrons. The van der Waals surface area contributed by atoms with Crippen molar-refractivity contribution in [2.45, 2.75) is 19.4 Å². The molecule has 0 amide bonds. The van der Waals surface area contributed by atoms with E-state index in [9.17, 15) is 15.3 Å². The molecule has 0 bridgehead atoms. The summed E-state index contributed by atoms with van der Waals surface area (Å²) in [6.07, 6.45) is 1.13. The molecule has 3 aromatic rings. The van der Waals surface area contributed by atoms with Crippen molar-refractivity contribution in [2.24, 2.45) is 11.8 Å². The van der Waals surface area contributed by atoms with Gasteiger partial charge in [0, 0.05) is 13.2 Å². The third-order valence-electron chi connectivity index (χ3n) is 5.84. The van der Waals surface area contributed by atoms with Crippen molar-refractivity contribution < 1.29 is 29.5 Å². The number of phenols is 1. The number of hydrogen-bond acceptors (Lipinski definition) is 6. The van der Waals surface area contributed by atoms with E-state index in [0.29, 0.717) is 36.7 Å². The van der Waals surface area contributed by atoms with Crippen LogP contribution in [-0.2, 0) is 19.4 Å². The summed E-state index contributed by atoms with van der Waals surface area (Å²) in [6.45, 7) is 0.317. The van der Waals surface area contributed by atoms with Gasteiger partial charge >= 0.3 is 0 Å². The predicted octanol–water partition coefficient (Wildman–Crippen LogP) is 3.99. The molecule has 6 nitrogen and oxygen atoms in total. The van der Waals surface area contributed by atoms with Crippen molar-refractivity contribution in [3.63, 3.8) is 0 Å². The SMILES string of the molecule is COc1cc(C[C@H](CO)[C@@H](CO)Cc2ccc(OCc3ccccc3)c(OC)c2)ccc1O. The number of aromatic hydroxyl groups is 1. The van der Waals surface area contributed by atoms with E-state index in [2.05, 4.69) is 0 Å². The van der Waals surface area contributed by atoms with Crippen molar-refractivity contribution >= 4 is 0 Å².